The molecular weight excluding hydrogens is 278 g/mol. The van der Waals surface area contributed by atoms with Crippen molar-refractivity contribution >= 4 is 12.4 Å². The molecule has 4 bridgehead atoms. The average Bonchev–Trinajstić information content (AvgIpc) is 2.44. The van der Waals surface area contributed by atoms with Gasteiger partial charge in [0.1, 0.15) is 0 Å². The van der Waals surface area contributed by atoms with Crippen LogP contribution in [0.1, 0.15) is 51.0 Å². The molecule has 5 rings (SSSR count). The summed E-state index contributed by atoms with van der Waals surface area (Å²) in [6, 6.07) is 11.5. The van der Waals surface area contributed by atoms with Crippen molar-refractivity contribution in [2.24, 2.45) is 23.2 Å². The Morgan fingerprint density at radius 2 is 1.52 bits per heavy atom. The van der Waals surface area contributed by atoms with E-state index in [-0.39, 0.29) is 12.4 Å². The summed E-state index contributed by atoms with van der Waals surface area (Å²) in [7, 11) is 0. The molecule has 0 radical (unpaired) electrons. The first-order valence-electron chi connectivity index (χ1n) is 8.51. The average molecular weight is 306 g/mol. The fraction of sp³-hybridized carbons (Fsp3) is 0.684. The Kier molecular flexibility index (Phi) is 4.34. The highest BCUT2D eigenvalue weighted by Crippen LogP contribution is 2.61. The molecule has 4 saturated carbocycles. The molecule has 1 nitrogen and oxygen atoms in total. The molecule has 0 heterocycles. The van der Waals surface area contributed by atoms with Crippen LogP contribution in [0.5, 0.6) is 0 Å². The lowest BCUT2D eigenvalue weighted by atomic mass is 9.48. The lowest BCUT2D eigenvalue weighted by Crippen LogP contribution is -2.54. The van der Waals surface area contributed by atoms with Gasteiger partial charge in [0.25, 0.3) is 0 Å². The highest BCUT2D eigenvalue weighted by Gasteiger charge is 2.52. The van der Waals surface area contributed by atoms with Crippen molar-refractivity contribution in [2.75, 3.05) is 0 Å². The summed E-state index contributed by atoms with van der Waals surface area (Å²) in [4.78, 5) is 0. The van der Waals surface area contributed by atoms with Crippen molar-refractivity contribution in [1.82, 2.24) is 5.32 Å². The molecule has 0 aliphatic heterocycles. The monoisotopic (exact) mass is 305 g/mol. The summed E-state index contributed by atoms with van der Waals surface area (Å²) in [6.45, 7) is 3.49. The van der Waals surface area contributed by atoms with Crippen LogP contribution in [0.2, 0.25) is 0 Å². The van der Waals surface area contributed by atoms with E-state index in [0.717, 1.165) is 24.3 Å². The van der Waals surface area contributed by atoms with Gasteiger partial charge in [-0.1, -0.05) is 30.3 Å². The van der Waals surface area contributed by atoms with E-state index in [1.165, 1.54) is 24.8 Å². The molecule has 1 unspecified atom stereocenters. The van der Waals surface area contributed by atoms with Crippen LogP contribution < -0.4 is 5.32 Å². The number of rotatable bonds is 4. The Labute approximate surface area is 135 Å². The van der Waals surface area contributed by atoms with E-state index in [0.29, 0.717) is 11.5 Å². The zero-order valence-electron chi connectivity index (χ0n) is 13.1. The third kappa shape index (κ3) is 2.87. The van der Waals surface area contributed by atoms with Crippen molar-refractivity contribution in [3.63, 3.8) is 0 Å². The number of benzene rings is 1. The molecular formula is C19H28ClN. The van der Waals surface area contributed by atoms with Crippen LogP contribution >= 0.6 is 12.4 Å². The van der Waals surface area contributed by atoms with Gasteiger partial charge in [-0.15, -0.1) is 12.4 Å². The first-order chi connectivity index (χ1) is 9.73. The Balaban J connectivity index is 0.00000132. The van der Waals surface area contributed by atoms with E-state index in [4.69, 9.17) is 0 Å². The lowest BCUT2D eigenvalue weighted by molar-refractivity contribution is -0.0706. The van der Waals surface area contributed by atoms with E-state index < -0.39 is 0 Å². The zero-order valence-corrected chi connectivity index (χ0v) is 13.9. The van der Waals surface area contributed by atoms with Crippen LogP contribution in [0.3, 0.4) is 0 Å². The topological polar surface area (TPSA) is 12.0 Å². The number of nitrogens with one attached hydrogen (secondary N) is 1. The van der Waals surface area contributed by atoms with Gasteiger partial charge in [-0.05, 0) is 74.2 Å². The fourth-order valence-electron chi connectivity index (χ4n) is 5.79. The number of hydrogen-bond acceptors (Lipinski definition) is 1. The van der Waals surface area contributed by atoms with Crippen molar-refractivity contribution in [3.8, 4) is 0 Å². The minimum atomic E-state index is 0. The quantitative estimate of drug-likeness (QED) is 0.842. The molecule has 0 spiro atoms. The second-order valence-corrected chi connectivity index (χ2v) is 7.87. The Morgan fingerprint density at radius 1 is 1.00 bits per heavy atom. The standard InChI is InChI=1S/C19H27N.ClH/c1-14(20-13-15-5-3-2-4-6-15)19-10-16-7-17(11-19)9-18(8-16)12-19;/h2-6,14,16-18,20H,7-13H2,1H3;1H. The molecule has 1 atom stereocenters. The second-order valence-electron chi connectivity index (χ2n) is 7.87. The maximum absolute atomic E-state index is 3.86. The van der Waals surface area contributed by atoms with E-state index >= 15 is 0 Å². The molecule has 116 valence electrons. The Morgan fingerprint density at radius 3 is 2.05 bits per heavy atom. The van der Waals surface area contributed by atoms with Gasteiger partial charge in [0.15, 0.2) is 0 Å². The predicted molar refractivity (Wildman–Crippen MR) is 90.6 cm³/mol. The zero-order chi connectivity index (χ0) is 13.6. The van der Waals surface area contributed by atoms with Crippen LogP contribution in [-0.2, 0) is 6.54 Å². The summed E-state index contributed by atoms with van der Waals surface area (Å²) < 4.78 is 0. The van der Waals surface area contributed by atoms with Crippen LogP contribution in [0.25, 0.3) is 0 Å². The molecule has 4 aliphatic carbocycles. The Bertz CT molecular complexity index is 434. The summed E-state index contributed by atoms with van der Waals surface area (Å²) >= 11 is 0. The van der Waals surface area contributed by atoms with Gasteiger partial charge in [0.05, 0.1) is 0 Å². The summed E-state index contributed by atoms with van der Waals surface area (Å²) in [5.74, 6) is 3.17. The molecule has 0 amide bonds. The van der Waals surface area contributed by atoms with Gasteiger partial charge < -0.3 is 5.32 Å². The van der Waals surface area contributed by atoms with Gasteiger partial charge >= 0.3 is 0 Å². The van der Waals surface area contributed by atoms with Crippen molar-refractivity contribution < 1.29 is 0 Å². The second kappa shape index (κ2) is 5.93. The number of hydrogen-bond donors (Lipinski definition) is 1. The van der Waals surface area contributed by atoms with Gasteiger partial charge in [0, 0.05) is 12.6 Å². The Hall–Kier alpha value is -0.530. The fourth-order valence-corrected chi connectivity index (χ4v) is 5.79. The minimum absolute atomic E-state index is 0. The summed E-state index contributed by atoms with van der Waals surface area (Å²) in [5.41, 5.74) is 2.05. The highest BCUT2D eigenvalue weighted by atomic mass is 35.5. The van der Waals surface area contributed by atoms with E-state index in [1.54, 1.807) is 19.3 Å². The molecule has 1 aromatic carbocycles. The molecule has 2 heteroatoms. The molecule has 1 aromatic rings. The lowest BCUT2D eigenvalue weighted by Gasteiger charge is -2.59. The minimum Gasteiger partial charge on any atom is -0.310 e. The van der Waals surface area contributed by atoms with Gasteiger partial charge in [-0.25, -0.2) is 0 Å². The van der Waals surface area contributed by atoms with Gasteiger partial charge in [0.2, 0.25) is 0 Å². The molecule has 1 N–H and O–H groups in total. The van der Waals surface area contributed by atoms with E-state index in [1.807, 2.05) is 0 Å². The molecule has 0 aromatic heterocycles. The van der Waals surface area contributed by atoms with Crippen LogP contribution in [0.4, 0.5) is 0 Å². The van der Waals surface area contributed by atoms with Crippen molar-refractivity contribution in [1.29, 1.82) is 0 Å². The maximum Gasteiger partial charge on any atom is 0.0208 e. The van der Waals surface area contributed by atoms with Crippen molar-refractivity contribution in [2.45, 2.75) is 58.0 Å². The van der Waals surface area contributed by atoms with Crippen molar-refractivity contribution in [3.05, 3.63) is 35.9 Å². The first kappa shape index (κ1) is 15.4. The smallest absolute Gasteiger partial charge is 0.0208 e. The normalized spacial score (nSPS) is 38.0. The van der Waals surface area contributed by atoms with Crippen LogP contribution in [0, 0.1) is 23.2 Å². The number of halogens is 1. The molecule has 4 fully saturated rings. The molecule has 21 heavy (non-hydrogen) atoms. The first-order valence-corrected chi connectivity index (χ1v) is 8.51. The third-order valence-corrected chi connectivity index (χ3v) is 6.46. The third-order valence-electron chi connectivity index (χ3n) is 6.46. The van der Waals surface area contributed by atoms with Crippen LogP contribution in [0.15, 0.2) is 30.3 Å². The predicted octanol–water partition coefficient (Wildman–Crippen LogP) is 4.80. The van der Waals surface area contributed by atoms with Gasteiger partial charge in [-0.2, -0.15) is 0 Å². The molecule has 0 saturated heterocycles. The summed E-state index contributed by atoms with van der Waals surface area (Å²) in [6.07, 6.45) is 9.14. The van der Waals surface area contributed by atoms with Gasteiger partial charge in [-0.3, -0.25) is 0 Å². The largest absolute Gasteiger partial charge is 0.310 e. The maximum atomic E-state index is 3.86. The highest BCUT2D eigenvalue weighted by molar-refractivity contribution is 5.85. The van der Waals surface area contributed by atoms with E-state index in [9.17, 15) is 0 Å². The van der Waals surface area contributed by atoms with Crippen LogP contribution in [-0.4, -0.2) is 6.04 Å². The molecule has 4 aliphatic rings. The SMILES string of the molecule is CC(NCc1ccccc1)C12CC3CC(CC(C3)C1)C2.Cl. The van der Waals surface area contributed by atoms with E-state index in [2.05, 4.69) is 42.6 Å². The summed E-state index contributed by atoms with van der Waals surface area (Å²) in [5, 5.41) is 3.86.